The number of fused-ring (bicyclic) bond motifs is 2. The fourth-order valence-electron chi connectivity index (χ4n) is 9.27. The van der Waals surface area contributed by atoms with E-state index < -0.39 is 20.0 Å². The summed E-state index contributed by atoms with van der Waals surface area (Å²) in [5.41, 5.74) is 15.6. The van der Waals surface area contributed by atoms with Crippen LogP contribution >= 0.6 is 0 Å². The van der Waals surface area contributed by atoms with E-state index >= 15 is 0 Å². The first kappa shape index (κ1) is 34.2. The third kappa shape index (κ3) is 5.71. The summed E-state index contributed by atoms with van der Waals surface area (Å²) in [5.74, 6) is 0. The molecule has 4 aromatic carbocycles. The molecule has 1 saturated heterocycles. The second-order valence-corrected chi connectivity index (χ2v) is 30.8. The van der Waals surface area contributed by atoms with Crippen molar-refractivity contribution in [3.63, 3.8) is 0 Å². The van der Waals surface area contributed by atoms with Gasteiger partial charge in [-0.25, -0.2) is 0 Å². The van der Waals surface area contributed by atoms with E-state index in [0.29, 0.717) is 7.35 Å². The molecule has 9 rings (SSSR count). The van der Waals surface area contributed by atoms with E-state index in [1.165, 1.54) is 52.2 Å². The zero-order chi connectivity index (χ0) is 31.5. The van der Waals surface area contributed by atoms with Gasteiger partial charge < -0.3 is 24.8 Å². The zero-order valence-electron chi connectivity index (χ0n) is 28.4. The van der Waals surface area contributed by atoms with Crippen LogP contribution < -0.4 is 24.8 Å². The molecule has 4 aromatic rings. The number of hydrogen-bond acceptors (Lipinski definition) is 0. The third-order valence-corrected chi connectivity index (χ3v) is 30.3. The van der Waals surface area contributed by atoms with E-state index in [-0.39, 0.29) is 24.8 Å². The molecule has 0 saturated carbocycles. The Morgan fingerprint density at radius 3 is 1.45 bits per heavy atom. The molecule has 1 fully saturated rings. The van der Waals surface area contributed by atoms with Gasteiger partial charge in [-0.15, -0.1) is 0 Å². The average molecular weight is 844 g/mol. The van der Waals surface area contributed by atoms with Crippen molar-refractivity contribution < 1.29 is 44.8 Å². The minimum absolute atomic E-state index is 0. The fraction of sp³-hybridized carbons (Fsp3) is 0.217. The van der Waals surface area contributed by atoms with Crippen LogP contribution in [0.3, 0.4) is 0 Å². The van der Waals surface area contributed by atoms with Crippen LogP contribution in [0.2, 0.25) is 15.7 Å². The van der Waals surface area contributed by atoms with Crippen LogP contribution in [0.1, 0.15) is 48.9 Å². The third-order valence-electron chi connectivity index (χ3n) is 11.6. The maximum Gasteiger partial charge on any atom is -1.00 e. The maximum absolute atomic E-state index is 3.24. The summed E-state index contributed by atoms with van der Waals surface area (Å²) in [6.07, 6.45) is 28.5. The number of aryl methyl sites for hydroxylation is 2. The van der Waals surface area contributed by atoms with Crippen molar-refractivity contribution in [1.29, 1.82) is 0 Å². The molecule has 0 N–H and O–H groups in total. The molecule has 0 radical (unpaired) electrons. The molecule has 2 unspecified atom stereocenters. The first-order chi connectivity index (χ1) is 23.2. The number of allylic oxidation sites excluding steroid dienone is 16. The van der Waals surface area contributed by atoms with Gasteiger partial charge in [0.1, 0.15) is 0 Å². The van der Waals surface area contributed by atoms with Gasteiger partial charge >= 0.3 is 286 Å². The first-order valence-corrected chi connectivity index (χ1v) is 27.0. The van der Waals surface area contributed by atoms with Crippen LogP contribution in [0.4, 0.5) is 0 Å². The topological polar surface area (TPSA) is 0 Å². The Hall–Kier alpha value is -3.23. The Labute approximate surface area is 308 Å². The quantitative estimate of drug-likeness (QED) is 0.187. The van der Waals surface area contributed by atoms with Gasteiger partial charge in [0.05, 0.1) is 0 Å². The largest absolute Gasteiger partial charge is 1.00 e. The van der Waals surface area contributed by atoms with E-state index in [1.54, 1.807) is 33.4 Å². The molecular formula is C46H42Cl2Hf. The predicted octanol–water partition coefficient (Wildman–Crippen LogP) is 6.83. The smallest absolute Gasteiger partial charge is 1.00 e. The summed E-state index contributed by atoms with van der Waals surface area (Å²) in [6.45, 7) is 4.62. The monoisotopic (exact) mass is 844 g/mol. The Morgan fingerprint density at radius 1 is 0.571 bits per heavy atom. The van der Waals surface area contributed by atoms with Crippen molar-refractivity contribution in [2.24, 2.45) is 0 Å². The van der Waals surface area contributed by atoms with Crippen molar-refractivity contribution in [3.05, 3.63) is 178 Å². The Morgan fingerprint density at radius 2 is 1.02 bits per heavy atom. The van der Waals surface area contributed by atoms with Crippen molar-refractivity contribution in [1.82, 2.24) is 0 Å². The minimum Gasteiger partial charge on any atom is -1.00 e. The summed E-state index contributed by atoms with van der Waals surface area (Å²) in [5, 5.41) is 5.61. The van der Waals surface area contributed by atoms with Crippen molar-refractivity contribution >= 4 is 32.7 Å². The Balaban J connectivity index is 0.00000189. The molecule has 49 heavy (non-hydrogen) atoms. The van der Waals surface area contributed by atoms with Crippen molar-refractivity contribution in [2.45, 2.75) is 55.2 Å². The Kier molecular flexibility index (Phi) is 9.66. The number of rotatable bonds is 6. The SMILES string of the molecule is CCc1cc(C2=CC3=C(C=CC=CC3)[CH]2[Hf+2]2([CH]3C(c4cc(CC)cc5ccccc45)=CC4=C3C=CC=CC4)[CH2][CH2]2)c2ccccc2c1.[Cl-].[Cl-]. The predicted molar refractivity (Wildman–Crippen MR) is 200 cm³/mol. The molecule has 3 heteroatoms. The van der Waals surface area contributed by atoms with E-state index in [1.807, 2.05) is 0 Å². The Bertz CT molecular complexity index is 2070. The van der Waals surface area contributed by atoms with Crippen LogP contribution in [0.15, 0.2) is 156 Å². The van der Waals surface area contributed by atoms with Gasteiger partial charge in [-0.3, -0.25) is 0 Å². The first-order valence-electron chi connectivity index (χ1n) is 17.8. The molecular weight excluding hydrogens is 802 g/mol. The average Bonchev–Trinajstić information content (AvgIpc) is 3.83. The normalized spacial score (nSPS) is 20.9. The molecule has 0 spiro atoms. The molecule has 2 atom stereocenters. The van der Waals surface area contributed by atoms with Crippen LogP contribution in [-0.4, -0.2) is 0 Å². The summed E-state index contributed by atoms with van der Waals surface area (Å²) in [7, 11) is 0. The van der Waals surface area contributed by atoms with Gasteiger partial charge in [-0.1, -0.05) is 0 Å². The second kappa shape index (κ2) is 13.8. The van der Waals surface area contributed by atoms with E-state index in [2.05, 4.69) is 147 Å². The van der Waals surface area contributed by atoms with E-state index in [4.69, 9.17) is 0 Å². The van der Waals surface area contributed by atoms with Crippen LogP contribution in [-0.2, 0) is 32.8 Å². The van der Waals surface area contributed by atoms with Gasteiger partial charge in [0, 0.05) is 0 Å². The van der Waals surface area contributed by atoms with Gasteiger partial charge in [0.15, 0.2) is 0 Å². The zero-order valence-corrected chi connectivity index (χ0v) is 33.5. The minimum atomic E-state index is -3.24. The number of hydrogen-bond donors (Lipinski definition) is 0. The van der Waals surface area contributed by atoms with Gasteiger partial charge in [-0.2, -0.15) is 0 Å². The molecule has 4 aliphatic carbocycles. The van der Waals surface area contributed by atoms with E-state index in [9.17, 15) is 0 Å². The molecule has 5 aliphatic rings. The number of benzene rings is 4. The standard InChI is InChI=1S/2C22H19.C2H4.2ClH.Hf/c2*1-2-16-12-19-10-6-7-11-21(19)22(13-16)20-14-17-8-4-3-5-9-18(17)15-20;1-2;;;/h2*3-8,10-15H,2,9H2,1H3;1-2H2;2*1H;/q;;;;;+2/p-2. The molecule has 0 aromatic heterocycles. The van der Waals surface area contributed by atoms with Crippen molar-refractivity contribution in [2.75, 3.05) is 0 Å². The molecule has 0 nitrogen and oxygen atoms in total. The number of halogens is 2. The van der Waals surface area contributed by atoms with Gasteiger partial charge in [0.2, 0.25) is 0 Å². The van der Waals surface area contributed by atoms with E-state index in [0.717, 1.165) is 25.7 Å². The maximum atomic E-state index is 2.66. The molecule has 0 amide bonds. The molecule has 1 aliphatic heterocycles. The molecule has 0 bridgehead atoms. The van der Waals surface area contributed by atoms with Crippen LogP contribution in [0, 0.1) is 0 Å². The fourth-order valence-corrected chi connectivity index (χ4v) is 36.8. The second-order valence-electron chi connectivity index (χ2n) is 14.2. The van der Waals surface area contributed by atoms with Gasteiger partial charge in [0.25, 0.3) is 0 Å². The van der Waals surface area contributed by atoms with Crippen LogP contribution in [0.25, 0.3) is 32.7 Å². The van der Waals surface area contributed by atoms with Crippen LogP contribution in [0.5, 0.6) is 0 Å². The summed E-state index contributed by atoms with van der Waals surface area (Å²) >= 11 is -3.24. The summed E-state index contributed by atoms with van der Waals surface area (Å²) in [4.78, 5) is 0. The van der Waals surface area contributed by atoms with Gasteiger partial charge in [-0.05, 0) is 0 Å². The summed E-state index contributed by atoms with van der Waals surface area (Å²) < 4.78 is 4.05. The molecule has 244 valence electrons. The molecule has 1 heterocycles. The summed E-state index contributed by atoms with van der Waals surface area (Å²) in [6, 6.07) is 28.3. The van der Waals surface area contributed by atoms with Crippen molar-refractivity contribution in [3.8, 4) is 0 Å².